The van der Waals surface area contributed by atoms with Crippen molar-refractivity contribution >= 4 is 17.4 Å². The van der Waals surface area contributed by atoms with Crippen LogP contribution in [0.3, 0.4) is 0 Å². The van der Waals surface area contributed by atoms with Crippen LogP contribution >= 0.6 is 11.8 Å². The van der Waals surface area contributed by atoms with Gasteiger partial charge in [0, 0.05) is 29.5 Å². The van der Waals surface area contributed by atoms with Crippen LogP contribution in [0.4, 0.5) is 5.69 Å². The van der Waals surface area contributed by atoms with Crippen molar-refractivity contribution in [1.29, 1.82) is 0 Å². The standard InChI is InChI=1S/C16H20N2OS/c1-11-15(4-3-9-20-11)18-14-7-5-13(6-8-14)16-10-19-12(2)17-16/h5-8,10-11,15,18H,3-4,9H2,1-2H3. The molecule has 0 spiro atoms. The molecule has 2 unspecified atom stereocenters. The normalized spacial score (nSPS) is 22.7. The van der Waals surface area contributed by atoms with Crippen LogP contribution in [0.15, 0.2) is 34.9 Å². The van der Waals surface area contributed by atoms with E-state index in [1.807, 2.05) is 6.92 Å². The third-order valence-corrected chi connectivity index (χ3v) is 5.14. The van der Waals surface area contributed by atoms with Crippen LogP contribution < -0.4 is 5.32 Å². The van der Waals surface area contributed by atoms with Gasteiger partial charge in [0.1, 0.15) is 12.0 Å². The van der Waals surface area contributed by atoms with Crippen molar-refractivity contribution < 1.29 is 4.42 Å². The van der Waals surface area contributed by atoms with E-state index in [9.17, 15) is 0 Å². The molecule has 1 aliphatic heterocycles. The monoisotopic (exact) mass is 288 g/mol. The van der Waals surface area contributed by atoms with Gasteiger partial charge in [-0.2, -0.15) is 11.8 Å². The van der Waals surface area contributed by atoms with Gasteiger partial charge in [-0.25, -0.2) is 4.98 Å². The molecule has 20 heavy (non-hydrogen) atoms. The fourth-order valence-corrected chi connectivity index (χ4v) is 3.70. The predicted molar refractivity (Wildman–Crippen MR) is 85.2 cm³/mol. The molecule has 1 aromatic heterocycles. The molecule has 1 fully saturated rings. The van der Waals surface area contributed by atoms with E-state index >= 15 is 0 Å². The SMILES string of the molecule is Cc1nc(-c2ccc(NC3CCCSC3C)cc2)co1. The molecule has 1 N–H and O–H groups in total. The smallest absolute Gasteiger partial charge is 0.191 e. The van der Waals surface area contributed by atoms with E-state index in [4.69, 9.17) is 4.42 Å². The van der Waals surface area contributed by atoms with Crippen LogP contribution in [0.5, 0.6) is 0 Å². The average molecular weight is 288 g/mol. The Kier molecular flexibility index (Phi) is 4.01. The van der Waals surface area contributed by atoms with Gasteiger partial charge < -0.3 is 9.73 Å². The molecule has 2 aromatic rings. The number of aromatic nitrogens is 1. The lowest BCUT2D eigenvalue weighted by molar-refractivity contribution is 0.521. The highest BCUT2D eigenvalue weighted by atomic mass is 32.2. The van der Waals surface area contributed by atoms with Crippen LogP contribution in [0.2, 0.25) is 0 Å². The summed E-state index contributed by atoms with van der Waals surface area (Å²) in [5.74, 6) is 2.00. The van der Waals surface area contributed by atoms with Crippen LogP contribution in [0.25, 0.3) is 11.3 Å². The van der Waals surface area contributed by atoms with E-state index in [0.29, 0.717) is 17.2 Å². The highest BCUT2D eigenvalue weighted by molar-refractivity contribution is 8.00. The molecular formula is C16H20N2OS. The molecule has 1 aromatic carbocycles. The number of rotatable bonds is 3. The number of nitrogens with one attached hydrogen (secondary N) is 1. The largest absolute Gasteiger partial charge is 0.449 e. The Morgan fingerprint density at radius 1 is 1.30 bits per heavy atom. The zero-order valence-electron chi connectivity index (χ0n) is 11.9. The molecule has 1 aliphatic rings. The summed E-state index contributed by atoms with van der Waals surface area (Å²) in [7, 11) is 0. The lowest BCUT2D eigenvalue weighted by atomic mass is 10.1. The maximum atomic E-state index is 5.26. The molecule has 2 heterocycles. The summed E-state index contributed by atoms with van der Waals surface area (Å²) in [5.41, 5.74) is 3.18. The van der Waals surface area contributed by atoms with Crippen molar-refractivity contribution in [2.75, 3.05) is 11.1 Å². The summed E-state index contributed by atoms with van der Waals surface area (Å²) < 4.78 is 5.26. The van der Waals surface area contributed by atoms with Crippen molar-refractivity contribution in [2.45, 2.75) is 38.0 Å². The van der Waals surface area contributed by atoms with Crippen LogP contribution in [0.1, 0.15) is 25.7 Å². The van der Waals surface area contributed by atoms with Gasteiger partial charge >= 0.3 is 0 Å². The minimum atomic E-state index is 0.578. The Morgan fingerprint density at radius 2 is 2.10 bits per heavy atom. The van der Waals surface area contributed by atoms with E-state index in [2.05, 4.69) is 53.3 Å². The Bertz CT molecular complexity index is 564. The highest BCUT2D eigenvalue weighted by Gasteiger charge is 2.21. The van der Waals surface area contributed by atoms with Crippen molar-refractivity contribution in [3.63, 3.8) is 0 Å². The molecule has 4 heteroatoms. The lowest BCUT2D eigenvalue weighted by Gasteiger charge is -2.30. The highest BCUT2D eigenvalue weighted by Crippen LogP contribution is 2.28. The number of hydrogen-bond donors (Lipinski definition) is 1. The Balaban J connectivity index is 1.69. The first-order valence-electron chi connectivity index (χ1n) is 7.13. The second kappa shape index (κ2) is 5.92. The number of oxazole rings is 1. The average Bonchev–Trinajstić information content (AvgIpc) is 2.89. The summed E-state index contributed by atoms with van der Waals surface area (Å²) in [6.07, 6.45) is 4.28. The van der Waals surface area contributed by atoms with Crippen molar-refractivity contribution in [2.24, 2.45) is 0 Å². The van der Waals surface area contributed by atoms with E-state index < -0.39 is 0 Å². The molecule has 0 aliphatic carbocycles. The van der Waals surface area contributed by atoms with Gasteiger partial charge in [-0.15, -0.1) is 0 Å². The summed E-state index contributed by atoms with van der Waals surface area (Å²) in [6, 6.07) is 9.03. The molecule has 0 saturated carbocycles. The Hall–Kier alpha value is -1.42. The lowest BCUT2D eigenvalue weighted by Crippen LogP contribution is -2.32. The van der Waals surface area contributed by atoms with Crippen LogP contribution in [-0.2, 0) is 0 Å². The van der Waals surface area contributed by atoms with Gasteiger partial charge in [0.2, 0.25) is 0 Å². The second-order valence-corrected chi connectivity index (χ2v) is 6.78. The molecule has 0 bridgehead atoms. The third kappa shape index (κ3) is 3.01. The molecule has 3 rings (SSSR count). The zero-order chi connectivity index (χ0) is 13.9. The molecule has 0 amide bonds. The zero-order valence-corrected chi connectivity index (χ0v) is 12.7. The number of nitrogens with zero attached hydrogens (tertiary/aromatic N) is 1. The van der Waals surface area contributed by atoms with Crippen molar-refractivity contribution in [3.8, 4) is 11.3 Å². The first-order chi connectivity index (χ1) is 9.72. The minimum Gasteiger partial charge on any atom is -0.449 e. The molecule has 0 radical (unpaired) electrons. The molecule has 2 atom stereocenters. The second-order valence-electron chi connectivity index (χ2n) is 5.30. The van der Waals surface area contributed by atoms with Crippen molar-refractivity contribution in [1.82, 2.24) is 4.98 Å². The van der Waals surface area contributed by atoms with Gasteiger partial charge in [-0.05, 0) is 30.7 Å². The number of thioether (sulfide) groups is 1. The number of hydrogen-bond acceptors (Lipinski definition) is 4. The maximum absolute atomic E-state index is 5.26. The van der Waals surface area contributed by atoms with Crippen LogP contribution in [-0.4, -0.2) is 22.0 Å². The third-order valence-electron chi connectivity index (χ3n) is 3.76. The van der Waals surface area contributed by atoms with Gasteiger partial charge in [0.15, 0.2) is 5.89 Å². The molecule has 106 valence electrons. The molecule has 3 nitrogen and oxygen atoms in total. The van der Waals surface area contributed by atoms with Gasteiger partial charge in [-0.1, -0.05) is 19.1 Å². The first kappa shape index (κ1) is 13.6. The predicted octanol–water partition coefficient (Wildman–Crippen LogP) is 4.35. The van der Waals surface area contributed by atoms with E-state index in [-0.39, 0.29) is 0 Å². The maximum Gasteiger partial charge on any atom is 0.191 e. The first-order valence-corrected chi connectivity index (χ1v) is 8.18. The molecular weight excluding hydrogens is 268 g/mol. The minimum absolute atomic E-state index is 0.578. The van der Waals surface area contributed by atoms with E-state index in [1.165, 1.54) is 24.3 Å². The van der Waals surface area contributed by atoms with E-state index in [1.54, 1.807) is 6.26 Å². The summed E-state index contributed by atoms with van der Waals surface area (Å²) in [4.78, 5) is 4.35. The Morgan fingerprint density at radius 3 is 2.75 bits per heavy atom. The number of aryl methyl sites for hydroxylation is 1. The quantitative estimate of drug-likeness (QED) is 0.911. The fourth-order valence-electron chi connectivity index (χ4n) is 2.56. The summed E-state index contributed by atoms with van der Waals surface area (Å²) in [5, 5.41) is 4.33. The topological polar surface area (TPSA) is 38.1 Å². The van der Waals surface area contributed by atoms with Crippen LogP contribution in [0, 0.1) is 6.92 Å². The van der Waals surface area contributed by atoms with E-state index in [0.717, 1.165) is 11.3 Å². The van der Waals surface area contributed by atoms with Crippen molar-refractivity contribution in [3.05, 3.63) is 36.4 Å². The summed E-state index contributed by atoms with van der Waals surface area (Å²) >= 11 is 2.06. The molecule has 1 saturated heterocycles. The number of benzene rings is 1. The summed E-state index contributed by atoms with van der Waals surface area (Å²) in [6.45, 7) is 4.18. The number of anilines is 1. The Labute approximate surface area is 124 Å². The van der Waals surface area contributed by atoms with Gasteiger partial charge in [0.25, 0.3) is 0 Å². The van der Waals surface area contributed by atoms with Gasteiger partial charge in [-0.3, -0.25) is 0 Å². The fraction of sp³-hybridized carbons (Fsp3) is 0.438. The van der Waals surface area contributed by atoms with Gasteiger partial charge in [0.05, 0.1) is 0 Å².